The maximum absolute atomic E-state index is 11.6. The van der Waals surface area contributed by atoms with Crippen molar-refractivity contribution < 1.29 is 9.53 Å². The summed E-state index contributed by atoms with van der Waals surface area (Å²) in [6, 6.07) is -0.278. The van der Waals surface area contributed by atoms with Crippen molar-refractivity contribution in [3.63, 3.8) is 0 Å². The quantitative estimate of drug-likeness (QED) is 0.752. The zero-order valence-corrected chi connectivity index (χ0v) is 10.5. The van der Waals surface area contributed by atoms with E-state index in [1.165, 1.54) is 13.4 Å². The third-order valence-corrected chi connectivity index (χ3v) is 2.36. The zero-order chi connectivity index (χ0) is 12.7. The molecule has 0 radical (unpaired) electrons. The molecule has 5 heteroatoms. The van der Waals surface area contributed by atoms with E-state index in [0.29, 0.717) is 12.5 Å². The van der Waals surface area contributed by atoms with Crippen molar-refractivity contribution in [3.05, 3.63) is 24.3 Å². The van der Waals surface area contributed by atoms with E-state index in [1.807, 2.05) is 0 Å². The summed E-state index contributed by atoms with van der Waals surface area (Å²) in [5.74, 6) is 0.203. The normalized spacial score (nSPS) is 12.5. The maximum Gasteiger partial charge on any atom is 0.322 e. The SMILES string of the molecule is COC(=O)C(CC(C)C)NCc1cncnc1. The summed E-state index contributed by atoms with van der Waals surface area (Å²) in [5, 5.41) is 3.16. The number of nitrogens with zero attached hydrogens (tertiary/aromatic N) is 2. The van der Waals surface area contributed by atoms with E-state index in [2.05, 4.69) is 29.1 Å². The molecular formula is C12H19N3O2. The molecule has 94 valence electrons. The van der Waals surface area contributed by atoms with Crippen LogP contribution in [0.25, 0.3) is 0 Å². The van der Waals surface area contributed by atoms with Crippen LogP contribution < -0.4 is 5.32 Å². The minimum atomic E-state index is -0.278. The number of hydrogen-bond acceptors (Lipinski definition) is 5. The van der Waals surface area contributed by atoms with Gasteiger partial charge in [-0.3, -0.25) is 4.79 Å². The lowest BCUT2D eigenvalue weighted by molar-refractivity contribution is -0.143. The Labute approximate surface area is 102 Å². The van der Waals surface area contributed by atoms with E-state index >= 15 is 0 Å². The minimum Gasteiger partial charge on any atom is -0.468 e. The summed E-state index contributed by atoms with van der Waals surface area (Å²) in [4.78, 5) is 19.4. The maximum atomic E-state index is 11.6. The number of hydrogen-bond donors (Lipinski definition) is 1. The number of ether oxygens (including phenoxy) is 1. The van der Waals surface area contributed by atoms with Crippen LogP contribution in [0.5, 0.6) is 0 Å². The first-order valence-corrected chi connectivity index (χ1v) is 5.68. The molecule has 0 saturated heterocycles. The van der Waals surface area contributed by atoms with Crippen molar-refractivity contribution in [1.82, 2.24) is 15.3 Å². The molecule has 5 nitrogen and oxygen atoms in total. The molecule has 1 unspecified atom stereocenters. The van der Waals surface area contributed by atoms with Crippen LogP contribution in [0.3, 0.4) is 0 Å². The first-order valence-electron chi connectivity index (χ1n) is 5.68. The Morgan fingerprint density at radius 2 is 2.06 bits per heavy atom. The molecule has 0 aliphatic carbocycles. The van der Waals surface area contributed by atoms with Crippen molar-refractivity contribution in [2.75, 3.05) is 7.11 Å². The van der Waals surface area contributed by atoms with Gasteiger partial charge in [-0.15, -0.1) is 0 Å². The molecule has 0 fully saturated rings. The fraction of sp³-hybridized carbons (Fsp3) is 0.583. The molecule has 1 atom stereocenters. The van der Waals surface area contributed by atoms with Gasteiger partial charge in [-0.1, -0.05) is 13.8 Å². The van der Waals surface area contributed by atoms with Gasteiger partial charge in [-0.25, -0.2) is 9.97 Å². The number of carbonyl (C=O) groups excluding carboxylic acids is 1. The fourth-order valence-electron chi connectivity index (χ4n) is 1.54. The van der Waals surface area contributed by atoms with Crippen LogP contribution in [-0.4, -0.2) is 29.1 Å². The Hall–Kier alpha value is -1.49. The molecule has 0 spiro atoms. The molecule has 0 aromatic carbocycles. The van der Waals surface area contributed by atoms with Crippen LogP contribution in [0.4, 0.5) is 0 Å². The summed E-state index contributed by atoms with van der Waals surface area (Å²) < 4.78 is 4.77. The minimum absolute atomic E-state index is 0.226. The summed E-state index contributed by atoms with van der Waals surface area (Å²) >= 11 is 0. The molecule has 1 heterocycles. The van der Waals surface area contributed by atoms with Gasteiger partial charge < -0.3 is 10.1 Å². The first kappa shape index (κ1) is 13.6. The average molecular weight is 237 g/mol. The van der Waals surface area contributed by atoms with Crippen LogP contribution in [0, 0.1) is 5.92 Å². The van der Waals surface area contributed by atoms with Gasteiger partial charge in [0.25, 0.3) is 0 Å². The van der Waals surface area contributed by atoms with E-state index in [4.69, 9.17) is 4.74 Å². The number of esters is 1. The van der Waals surface area contributed by atoms with E-state index in [0.717, 1.165) is 12.0 Å². The van der Waals surface area contributed by atoms with Gasteiger partial charge in [0.2, 0.25) is 0 Å². The van der Waals surface area contributed by atoms with Gasteiger partial charge in [0.1, 0.15) is 12.4 Å². The van der Waals surface area contributed by atoms with Gasteiger partial charge in [0.05, 0.1) is 7.11 Å². The van der Waals surface area contributed by atoms with E-state index < -0.39 is 0 Å². The Kier molecular flexibility index (Phi) is 5.56. The second-order valence-corrected chi connectivity index (χ2v) is 4.33. The summed E-state index contributed by atoms with van der Waals surface area (Å²) in [6.07, 6.45) is 5.68. The molecule has 0 amide bonds. The van der Waals surface area contributed by atoms with Crippen molar-refractivity contribution in [1.29, 1.82) is 0 Å². The largest absolute Gasteiger partial charge is 0.468 e. The topological polar surface area (TPSA) is 64.1 Å². The van der Waals surface area contributed by atoms with Crippen LogP contribution in [0.1, 0.15) is 25.8 Å². The van der Waals surface area contributed by atoms with Crippen LogP contribution in [-0.2, 0) is 16.1 Å². The second-order valence-electron chi connectivity index (χ2n) is 4.33. The molecule has 1 rings (SSSR count). The summed E-state index contributed by atoms with van der Waals surface area (Å²) in [6.45, 7) is 4.71. The van der Waals surface area contributed by atoms with Gasteiger partial charge in [-0.05, 0) is 12.3 Å². The first-order chi connectivity index (χ1) is 8.13. The molecule has 17 heavy (non-hydrogen) atoms. The molecule has 0 saturated carbocycles. The van der Waals surface area contributed by atoms with Crippen molar-refractivity contribution in [3.8, 4) is 0 Å². The number of rotatable bonds is 6. The second kappa shape index (κ2) is 6.96. The highest BCUT2D eigenvalue weighted by atomic mass is 16.5. The average Bonchev–Trinajstić information content (AvgIpc) is 2.34. The smallest absolute Gasteiger partial charge is 0.322 e. The van der Waals surface area contributed by atoms with Crippen LogP contribution in [0.2, 0.25) is 0 Å². The third kappa shape index (κ3) is 4.91. The molecule has 1 aromatic heterocycles. The molecule has 1 N–H and O–H groups in total. The van der Waals surface area contributed by atoms with Crippen LogP contribution in [0.15, 0.2) is 18.7 Å². The van der Waals surface area contributed by atoms with Gasteiger partial charge in [0, 0.05) is 24.5 Å². The van der Waals surface area contributed by atoms with Crippen molar-refractivity contribution >= 4 is 5.97 Å². The zero-order valence-electron chi connectivity index (χ0n) is 10.5. The van der Waals surface area contributed by atoms with Gasteiger partial charge in [-0.2, -0.15) is 0 Å². The highest BCUT2D eigenvalue weighted by Gasteiger charge is 2.19. The Morgan fingerprint density at radius 3 is 2.59 bits per heavy atom. The number of carbonyl (C=O) groups is 1. The fourth-order valence-corrected chi connectivity index (χ4v) is 1.54. The van der Waals surface area contributed by atoms with Crippen molar-refractivity contribution in [2.24, 2.45) is 5.92 Å². The summed E-state index contributed by atoms with van der Waals surface area (Å²) in [7, 11) is 1.41. The predicted molar refractivity (Wildman–Crippen MR) is 64.1 cm³/mol. The standard InChI is InChI=1S/C12H19N3O2/c1-9(2)4-11(12(16)17-3)15-7-10-5-13-8-14-6-10/h5-6,8-9,11,15H,4,7H2,1-3H3. The summed E-state index contributed by atoms with van der Waals surface area (Å²) in [5.41, 5.74) is 0.949. The Bertz CT molecular complexity index is 341. The number of aromatic nitrogens is 2. The molecule has 1 aromatic rings. The van der Waals surface area contributed by atoms with Gasteiger partial charge >= 0.3 is 5.97 Å². The lowest BCUT2D eigenvalue weighted by Gasteiger charge is -2.18. The molecule has 0 bridgehead atoms. The van der Waals surface area contributed by atoms with E-state index in [-0.39, 0.29) is 12.0 Å². The highest BCUT2D eigenvalue weighted by molar-refractivity contribution is 5.75. The number of nitrogens with one attached hydrogen (secondary N) is 1. The highest BCUT2D eigenvalue weighted by Crippen LogP contribution is 2.07. The Balaban J connectivity index is 2.52. The third-order valence-electron chi connectivity index (χ3n) is 2.36. The van der Waals surface area contributed by atoms with E-state index in [1.54, 1.807) is 12.4 Å². The monoisotopic (exact) mass is 237 g/mol. The lowest BCUT2D eigenvalue weighted by atomic mass is 10.0. The molecule has 0 aliphatic rings. The van der Waals surface area contributed by atoms with Crippen LogP contribution >= 0.6 is 0 Å². The van der Waals surface area contributed by atoms with E-state index in [9.17, 15) is 4.79 Å². The predicted octanol–water partition coefficient (Wildman–Crippen LogP) is 1.15. The van der Waals surface area contributed by atoms with Gasteiger partial charge in [0.15, 0.2) is 0 Å². The molecular weight excluding hydrogens is 218 g/mol. The number of methoxy groups -OCH3 is 1. The molecule has 0 aliphatic heterocycles. The lowest BCUT2D eigenvalue weighted by Crippen LogP contribution is -2.38. The van der Waals surface area contributed by atoms with Crippen molar-refractivity contribution in [2.45, 2.75) is 32.9 Å². The Morgan fingerprint density at radius 1 is 1.41 bits per heavy atom.